The topological polar surface area (TPSA) is 61.4 Å². The van der Waals surface area contributed by atoms with E-state index in [0.717, 1.165) is 0 Å². The molecule has 0 bridgehead atoms. The molecule has 1 saturated carbocycles. The molecule has 1 amide bonds. The van der Waals surface area contributed by atoms with Crippen molar-refractivity contribution in [2.24, 2.45) is 0 Å². The molecule has 1 aliphatic carbocycles. The number of hydrogen-bond acceptors (Lipinski definition) is 3. The van der Waals surface area contributed by atoms with Crippen molar-refractivity contribution in [2.45, 2.75) is 25.3 Å². The van der Waals surface area contributed by atoms with Crippen LogP contribution in [0.2, 0.25) is 0 Å². The highest BCUT2D eigenvalue weighted by atomic mass is 16.3. The molecule has 4 nitrogen and oxygen atoms in total. The summed E-state index contributed by atoms with van der Waals surface area (Å²) in [5, 5.41) is 15.4. The minimum absolute atomic E-state index is 0.0744. The maximum absolute atomic E-state index is 11.5. The van der Waals surface area contributed by atoms with Crippen molar-refractivity contribution in [3.8, 4) is 5.75 Å². The first-order chi connectivity index (χ1) is 7.75. The summed E-state index contributed by atoms with van der Waals surface area (Å²) in [6, 6.07) is 7.36. The molecule has 2 rings (SSSR count). The number of carbonyl (C=O) groups is 1. The highest BCUT2D eigenvalue weighted by molar-refractivity contribution is 5.92. The number of amides is 1. The number of para-hydroxylation sites is 2. The number of phenolic OH excluding ortho intramolecular Hbond substituents is 1. The summed E-state index contributed by atoms with van der Waals surface area (Å²) in [7, 11) is 0. The average molecular weight is 220 g/mol. The summed E-state index contributed by atoms with van der Waals surface area (Å²) in [4.78, 5) is 11.5. The fourth-order valence-corrected chi connectivity index (χ4v) is 1.47. The summed E-state index contributed by atoms with van der Waals surface area (Å²) in [6.07, 6.45) is 2.88. The van der Waals surface area contributed by atoms with E-state index in [0.29, 0.717) is 24.7 Å². The van der Waals surface area contributed by atoms with Crippen molar-refractivity contribution < 1.29 is 9.90 Å². The zero-order chi connectivity index (χ0) is 11.4. The van der Waals surface area contributed by atoms with Crippen LogP contribution in [0.3, 0.4) is 0 Å². The van der Waals surface area contributed by atoms with E-state index in [1.807, 2.05) is 0 Å². The summed E-state index contributed by atoms with van der Waals surface area (Å²) >= 11 is 0. The molecule has 86 valence electrons. The Hall–Kier alpha value is -1.55. The van der Waals surface area contributed by atoms with Crippen molar-refractivity contribution in [1.29, 1.82) is 0 Å². The number of benzene rings is 1. The second-order valence-electron chi connectivity index (χ2n) is 4.04. The molecule has 0 radical (unpaired) electrons. The number of phenols is 1. The molecule has 1 aromatic rings. The fraction of sp³-hybridized carbons (Fsp3) is 0.417. The van der Waals surface area contributed by atoms with E-state index in [4.69, 9.17) is 0 Å². The molecule has 3 N–H and O–H groups in total. The molecule has 0 spiro atoms. The molecule has 0 heterocycles. The zero-order valence-electron chi connectivity index (χ0n) is 9.07. The number of aromatic hydroxyl groups is 1. The summed E-state index contributed by atoms with van der Waals surface area (Å²) in [6.45, 7) is 0.699. The highest BCUT2D eigenvalue weighted by Gasteiger charge is 2.20. The number of hydrogen-bond donors (Lipinski definition) is 3. The molecule has 0 aromatic heterocycles. The Morgan fingerprint density at radius 1 is 1.38 bits per heavy atom. The molecule has 0 atom stereocenters. The van der Waals surface area contributed by atoms with Crippen LogP contribution < -0.4 is 10.6 Å². The molecule has 1 aromatic carbocycles. The van der Waals surface area contributed by atoms with Gasteiger partial charge >= 0.3 is 0 Å². The Labute approximate surface area is 94.7 Å². The first-order valence-corrected chi connectivity index (χ1v) is 5.57. The molecule has 1 fully saturated rings. The predicted octanol–water partition coefficient (Wildman–Crippen LogP) is 1.47. The largest absolute Gasteiger partial charge is 0.506 e. The van der Waals surface area contributed by atoms with Gasteiger partial charge in [0.25, 0.3) is 0 Å². The third-order valence-corrected chi connectivity index (χ3v) is 2.54. The maximum Gasteiger partial charge on any atom is 0.225 e. The van der Waals surface area contributed by atoms with E-state index < -0.39 is 0 Å². The van der Waals surface area contributed by atoms with E-state index in [2.05, 4.69) is 10.6 Å². The normalized spacial score (nSPS) is 14.8. The second kappa shape index (κ2) is 4.99. The number of carbonyl (C=O) groups excluding carboxylic acids is 1. The Morgan fingerprint density at radius 3 is 2.81 bits per heavy atom. The molecule has 0 unspecified atom stereocenters. The number of rotatable bonds is 5. The Balaban J connectivity index is 1.75. The van der Waals surface area contributed by atoms with Crippen LogP contribution in [0.5, 0.6) is 5.75 Å². The average Bonchev–Trinajstić information content (AvgIpc) is 3.05. The summed E-state index contributed by atoms with van der Waals surface area (Å²) in [5.41, 5.74) is 0.471. The van der Waals surface area contributed by atoms with Crippen molar-refractivity contribution >= 4 is 11.6 Å². The van der Waals surface area contributed by atoms with Crippen LogP contribution in [-0.2, 0) is 4.79 Å². The van der Waals surface area contributed by atoms with Crippen molar-refractivity contribution in [2.75, 3.05) is 11.9 Å². The molecule has 1 aliphatic rings. The van der Waals surface area contributed by atoms with E-state index >= 15 is 0 Å². The highest BCUT2D eigenvalue weighted by Crippen LogP contribution is 2.21. The predicted molar refractivity (Wildman–Crippen MR) is 62.4 cm³/mol. The van der Waals surface area contributed by atoms with Gasteiger partial charge in [-0.2, -0.15) is 0 Å². The molecular formula is C12H16N2O2. The van der Waals surface area contributed by atoms with Gasteiger partial charge in [0, 0.05) is 19.0 Å². The van der Waals surface area contributed by atoms with Crippen LogP contribution in [0.15, 0.2) is 24.3 Å². The second-order valence-corrected chi connectivity index (χ2v) is 4.04. The van der Waals surface area contributed by atoms with Gasteiger partial charge in [0.1, 0.15) is 5.75 Å². The Bertz CT molecular complexity index is 375. The molecule has 0 saturated heterocycles. The summed E-state index contributed by atoms with van der Waals surface area (Å²) < 4.78 is 0. The summed E-state index contributed by atoms with van der Waals surface area (Å²) in [5.74, 6) is 0.0284. The van der Waals surface area contributed by atoms with Crippen molar-refractivity contribution in [1.82, 2.24) is 5.32 Å². The number of anilines is 1. The van der Waals surface area contributed by atoms with Gasteiger partial charge in [-0.1, -0.05) is 12.1 Å². The van der Waals surface area contributed by atoms with E-state index in [9.17, 15) is 9.90 Å². The van der Waals surface area contributed by atoms with Crippen LogP contribution in [0.25, 0.3) is 0 Å². The van der Waals surface area contributed by atoms with Crippen LogP contribution >= 0.6 is 0 Å². The fourth-order valence-electron chi connectivity index (χ4n) is 1.47. The lowest BCUT2D eigenvalue weighted by molar-refractivity contribution is -0.116. The van der Waals surface area contributed by atoms with Gasteiger partial charge < -0.3 is 15.7 Å². The van der Waals surface area contributed by atoms with Crippen LogP contribution in [0.1, 0.15) is 19.3 Å². The minimum Gasteiger partial charge on any atom is -0.506 e. The van der Waals surface area contributed by atoms with Gasteiger partial charge in [0.05, 0.1) is 5.69 Å². The van der Waals surface area contributed by atoms with Gasteiger partial charge in [-0.05, 0) is 25.0 Å². The lowest BCUT2D eigenvalue weighted by Gasteiger charge is -2.07. The molecular weight excluding hydrogens is 204 g/mol. The Morgan fingerprint density at radius 2 is 2.12 bits per heavy atom. The smallest absolute Gasteiger partial charge is 0.225 e. The monoisotopic (exact) mass is 220 g/mol. The lowest BCUT2D eigenvalue weighted by atomic mass is 10.3. The quantitative estimate of drug-likeness (QED) is 0.658. The Kier molecular flexibility index (Phi) is 3.41. The van der Waals surface area contributed by atoms with Gasteiger partial charge in [0.15, 0.2) is 0 Å². The van der Waals surface area contributed by atoms with Crippen molar-refractivity contribution in [3.05, 3.63) is 24.3 Å². The molecule has 0 aliphatic heterocycles. The third kappa shape index (κ3) is 3.24. The van der Waals surface area contributed by atoms with E-state index in [1.165, 1.54) is 12.8 Å². The standard InChI is InChI=1S/C12H16N2O2/c15-11-4-2-1-3-10(11)14-12(16)7-8-13-9-5-6-9/h1-4,9,13,15H,5-8H2,(H,14,16). The molecule has 4 heteroatoms. The van der Waals surface area contributed by atoms with Crippen LogP contribution in [-0.4, -0.2) is 23.6 Å². The van der Waals surface area contributed by atoms with Gasteiger partial charge in [-0.25, -0.2) is 0 Å². The van der Waals surface area contributed by atoms with Crippen molar-refractivity contribution in [3.63, 3.8) is 0 Å². The maximum atomic E-state index is 11.5. The van der Waals surface area contributed by atoms with E-state index in [1.54, 1.807) is 24.3 Å². The SMILES string of the molecule is O=C(CCNC1CC1)Nc1ccccc1O. The van der Waals surface area contributed by atoms with Crippen LogP contribution in [0.4, 0.5) is 5.69 Å². The van der Waals surface area contributed by atoms with Gasteiger partial charge in [0.2, 0.25) is 5.91 Å². The third-order valence-electron chi connectivity index (χ3n) is 2.54. The first-order valence-electron chi connectivity index (χ1n) is 5.57. The van der Waals surface area contributed by atoms with Gasteiger partial charge in [-0.3, -0.25) is 4.79 Å². The number of nitrogens with one attached hydrogen (secondary N) is 2. The van der Waals surface area contributed by atoms with Gasteiger partial charge in [-0.15, -0.1) is 0 Å². The zero-order valence-corrected chi connectivity index (χ0v) is 9.07. The lowest BCUT2D eigenvalue weighted by Crippen LogP contribution is -2.23. The molecule has 16 heavy (non-hydrogen) atoms. The minimum atomic E-state index is -0.0744. The van der Waals surface area contributed by atoms with E-state index in [-0.39, 0.29) is 11.7 Å². The van der Waals surface area contributed by atoms with Crippen LogP contribution in [0, 0.1) is 0 Å². The first kappa shape index (κ1) is 11.0.